The van der Waals surface area contributed by atoms with Crippen molar-refractivity contribution in [3.63, 3.8) is 0 Å². The maximum atomic E-state index is 14.0. The van der Waals surface area contributed by atoms with Gasteiger partial charge in [0.2, 0.25) is 11.8 Å². The molecule has 8 heteroatoms. The average Bonchev–Trinajstić information content (AvgIpc) is 3.55. The summed E-state index contributed by atoms with van der Waals surface area (Å²) in [5.74, 6) is -0.296. The summed E-state index contributed by atoms with van der Waals surface area (Å²) in [5.41, 5.74) is 3.36. The van der Waals surface area contributed by atoms with E-state index in [0.29, 0.717) is 6.54 Å². The second kappa shape index (κ2) is 11.0. The molecule has 1 atom stereocenters. The van der Waals surface area contributed by atoms with E-state index in [4.69, 9.17) is 0 Å². The lowest BCUT2D eigenvalue weighted by Crippen LogP contribution is -2.47. The maximum Gasteiger partial charge on any atom is 0.247 e. The van der Waals surface area contributed by atoms with E-state index in [1.165, 1.54) is 6.42 Å². The van der Waals surface area contributed by atoms with Gasteiger partial charge in [-0.25, -0.2) is 4.68 Å². The van der Waals surface area contributed by atoms with Crippen LogP contribution in [0.15, 0.2) is 66.0 Å². The zero-order chi connectivity index (χ0) is 24.9. The molecule has 2 aromatic carbocycles. The van der Waals surface area contributed by atoms with Gasteiger partial charge in [0.15, 0.2) is 0 Å². The summed E-state index contributed by atoms with van der Waals surface area (Å²) in [7, 11) is 0. The van der Waals surface area contributed by atoms with Crippen molar-refractivity contribution in [1.29, 1.82) is 0 Å². The van der Waals surface area contributed by atoms with E-state index in [1.807, 2.05) is 73.0 Å². The number of carbonyl (C=O) groups is 2. The Labute approximate surface area is 215 Å². The minimum absolute atomic E-state index is 0.00494. The van der Waals surface area contributed by atoms with Crippen molar-refractivity contribution < 1.29 is 9.59 Å². The molecule has 1 fully saturated rings. The standard InChI is InChI=1S/C28H31N5O2S/c1-20-10-5-6-14-23(20)27(28(35)29-21-11-3-2-4-12-21)32(18-22-13-9-17-36-22)26(34)19-33-25-16-8-7-15-24(25)30-31-33/h5-10,13-17,21,27H,2-4,11-12,18-19H2,1H3,(H,29,35). The number of fused-ring (bicyclic) bond motifs is 1. The number of aryl methyl sites for hydroxylation is 1. The smallest absolute Gasteiger partial charge is 0.247 e. The van der Waals surface area contributed by atoms with Gasteiger partial charge in [0, 0.05) is 10.9 Å². The number of aromatic nitrogens is 3. The van der Waals surface area contributed by atoms with Crippen LogP contribution >= 0.6 is 11.3 Å². The van der Waals surface area contributed by atoms with Crippen molar-refractivity contribution >= 4 is 34.2 Å². The minimum Gasteiger partial charge on any atom is -0.351 e. The van der Waals surface area contributed by atoms with Crippen molar-refractivity contribution in [2.24, 2.45) is 0 Å². The first-order valence-corrected chi connectivity index (χ1v) is 13.4. The summed E-state index contributed by atoms with van der Waals surface area (Å²) in [6, 6.07) is 18.8. The number of hydrogen-bond acceptors (Lipinski definition) is 5. The van der Waals surface area contributed by atoms with Crippen molar-refractivity contribution in [1.82, 2.24) is 25.2 Å². The third kappa shape index (κ3) is 5.33. The zero-order valence-electron chi connectivity index (χ0n) is 20.5. The molecule has 186 valence electrons. The van der Waals surface area contributed by atoms with Gasteiger partial charge >= 0.3 is 0 Å². The molecule has 1 N–H and O–H groups in total. The lowest BCUT2D eigenvalue weighted by atomic mass is 9.94. The average molecular weight is 502 g/mol. The Balaban J connectivity index is 1.51. The lowest BCUT2D eigenvalue weighted by Gasteiger charge is -2.34. The second-order valence-corrected chi connectivity index (χ2v) is 10.5. The number of carbonyl (C=O) groups excluding carboxylic acids is 2. The largest absolute Gasteiger partial charge is 0.351 e. The van der Waals surface area contributed by atoms with E-state index >= 15 is 0 Å². The third-order valence-corrected chi connectivity index (χ3v) is 7.79. The number of hydrogen-bond donors (Lipinski definition) is 1. The first kappa shape index (κ1) is 24.2. The van der Waals surface area contributed by atoms with Crippen LogP contribution in [0, 0.1) is 6.92 Å². The van der Waals surface area contributed by atoms with Crippen LogP contribution in [0.4, 0.5) is 0 Å². The topological polar surface area (TPSA) is 80.1 Å². The predicted molar refractivity (Wildman–Crippen MR) is 141 cm³/mol. The Morgan fingerprint density at radius 1 is 1.06 bits per heavy atom. The molecule has 0 saturated heterocycles. The van der Waals surface area contributed by atoms with E-state index in [9.17, 15) is 9.59 Å². The molecule has 0 aliphatic heterocycles. The molecule has 4 aromatic rings. The molecule has 2 aromatic heterocycles. The van der Waals surface area contributed by atoms with Crippen LogP contribution in [-0.4, -0.2) is 37.7 Å². The maximum absolute atomic E-state index is 14.0. The molecule has 1 aliphatic rings. The first-order valence-electron chi connectivity index (χ1n) is 12.6. The minimum atomic E-state index is -0.738. The van der Waals surface area contributed by atoms with Crippen LogP contribution in [0.5, 0.6) is 0 Å². The van der Waals surface area contributed by atoms with Gasteiger partial charge in [0.05, 0.1) is 12.1 Å². The summed E-state index contributed by atoms with van der Waals surface area (Å²) in [6.45, 7) is 2.35. The Morgan fingerprint density at radius 3 is 2.61 bits per heavy atom. The fourth-order valence-corrected chi connectivity index (χ4v) is 5.72. The highest BCUT2D eigenvalue weighted by Gasteiger charge is 2.34. The molecule has 1 saturated carbocycles. The molecule has 5 rings (SSSR count). The van der Waals surface area contributed by atoms with Crippen LogP contribution in [0.1, 0.15) is 54.1 Å². The number of nitrogens with one attached hydrogen (secondary N) is 1. The molecule has 2 amide bonds. The van der Waals surface area contributed by atoms with Crippen LogP contribution < -0.4 is 5.32 Å². The number of benzene rings is 2. The summed E-state index contributed by atoms with van der Waals surface area (Å²) >= 11 is 1.58. The SMILES string of the molecule is Cc1ccccc1C(C(=O)NC1CCCCC1)N(Cc1cccs1)C(=O)Cn1nnc2ccccc21. The van der Waals surface area contributed by atoms with E-state index in [0.717, 1.165) is 52.7 Å². The van der Waals surface area contributed by atoms with E-state index in [1.54, 1.807) is 20.9 Å². The van der Waals surface area contributed by atoms with Crippen LogP contribution in [0.2, 0.25) is 0 Å². The number of rotatable bonds is 8. The van der Waals surface area contributed by atoms with Gasteiger partial charge in [0.1, 0.15) is 18.1 Å². The predicted octanol–water partition coefficient (Wildman–Crippen LogP) is 5.02. The molecule has 1 aliphatic carbocycles. The third-order valence-electron chi connectivity index (χ3n) is 6.93. The summed E-state index contributed by atoms with van der Waals surface area (Å²) in [6.07, 6.45) is 5.42. The molecular weight excluding hydrogens is 470 g/mol. The van der Waals surface area contributed by atoms with Crippen LogP contribution in [0.25, 0.3) is 11.0 Å². The highest BCUT2D eigenvalue weighted by molar-refractivity contribution is 7.09. The Hall–Kier alpha value is -3.52. The van der Waals surface area contributed by atoms with E-state index in [-0.39, 0.29) is 24.4 Å². The van der Waals surface area contributed by atoms with Gasteiger partial charge in [-0.3, -0.25) is 9.59 Å². The molecule has 0 spiro atoms. The first-order chi connectivity index (χ1) is 17.6. The normalized spacial score (nSPS) is 15.0. The lowest BCUT2D eigenvalue weighted by molar-refractivity contribution is -0.142. The fourth-order valence-electron chi connectivity index (χ4n) is 5.02. The van der Waals surface area contributed by atoms with E-state index < -0.39 is 6.04 Å². The number of amides is 2. The van der Waals surface area contributed by atoms with E-state index in [2.05, 4.69) is 15.6 Å². The molecular formula is C28H31N5O2S. The Bertz CT molecular complexity index is 1330. The Kier molecular flexibility index (Phi) is 7.41. The van der Waals surface area contributed by atoms with Crippen LogP contribution in [-0.2, 0) is 22.7 Å². The van der Waals surface area contributed by atoms with Crippen molar-refractivity contribution in [2.45, 2.75) is 64.2 Å². The van der Waals surface area contributed by atoms with Crippen LogP contribution in [0.3, 0.4) is 0 Å². The van der Waals surface area contributed by atoms with Crippen molar-refractivity contribution in [2.75, 3.05) is 0 Å². The van der Waals surface area contributed by atoms with Gasteiger partial charge < -0.3 is 10.2 Å². The van der Waals surface area contributed by atoms with Crippen molar-refractivity contribution in [3.05, 3.63) is 82.0 Å². The number of thiophene rings is 1. The van der Waals surface area contributed by atoms with Gasteiger partial charge in [-0.05, 0) is 54.5 Å². The molecule has 36 heavy (non-hydrogen) atoms. The molecule has 1 unspecified atom stereocenters. The fraction of sp³-hybridized carbons (Fsp3) is 0.357. The molecule has 2 heterocycles. The highest BCUT2D eigenvalue weighted by Crippen LogP contribution is 2.29. The zero-order valence-corrected chi connectivity index (χ0v) is 21.3. The summed E-state index contributed by atoms with van der Waals surface area (Å²) < 4.78 is 1.62. The van der Waals surface area contributed by atoms with Crippen molar-refractivity contribution in [3.8, 4) is 0 Å². The van der Waals surface area contributed by atoms with Gasteiger partial charge in [-0.15, -0.1) is 16.4 Å². The Morgan fingerprint density at radius 2 is 1.83 bits per heavy atom. The van der Waals surface area contributed by atoms with Gasteiger partial charge in [-0.2, -0.15) is 0 Å². The van der Waals surface area contributed by atoms with Gasteiger partial charge in [-0.1, -0.05) is 66.9 Å². The molecule has 0 bridgehead atoms. The molecule has 7 nitrogen and oxygen atoms in total. The monoisotopic (exact) mass is 501 g/mol. The number of nitrogens with zero attached hydrogens (tertiary/aromatic N) is 4. The second-order valence-electron chi connectivity index (χ2n) is 9.44. The highest BCUT2D eigenvalue weighted by atomic mass is 32.1. The summed E-state index contributed by atoms with van der Waals surface area (Å²) in [5, 5.41) is 13.7. The van der Waals surface area contributed by atoms with Gasteiger partial charge in [0.25, 0.3) is 0 Å². The number of para-hydroxylation sites is 1. The summed E-state index contributed by atoms with van der Waals surface area (Å²) in [4.78, 5) is 30.6. The quantitative estimate of drug-likeness (QED) is 0.368. The molecule has 0 radical (unpaired) electrons.